The molecule has 0 unspecified atom stereocenters. The van der Waals surface area contributed by atoms with E-state index in [2.05, 4.69) is 25.7 Å². The molecule has 0 aliphatic heterocycles. The van der Waals surface area contributed by atoms with Crippen molar-refractivity contribution in [3.05, 3.63) is 59.4 Å². The van der Waals surface area contributed by atoms with Gasteiger partial charge >= 0.3 is 0 Å². The summed E-state index contributed by atoms with van der Waals surface area (Å²) in [7, 11) is 0. The van der Waals surface area contributed by atoms with E-state index in [-0.39, 0.29) is 5.78 Å². The predicted molar refractivity (Wildman–Crippen MR) is 127 cm³/mol. The summed E-state index contributed by atoms with van der Waals surface area (Å²) in [5.41, 5.74) is 8.56. The van der Waals surface area contributed by atoms with Crippen LogP contribution >= 0.6 is 0 Å². The highest BCUT2D eigenvalue weighted by Gasteiger charge is 2.22. The molecule has 2 aromatic carbocycles. The van der Waals surface area contributed by atoms with Crippen LogP contribution in [0.4, 0.5) is 5.69 Å². The molecule has 0 bridgehead atoms. The van der Waals surface area contributed by atoms with Crippen molar-refractivity contribution in [2.24, 2.45) is 0 Å². The first-order valence-corrected chi connectivity index (χ1v) is 11.4. The van der Waals surface area contributed by atoms with E-state index in [4.69, 9.17) is 14.9 Å². The molecular formula is C26H34N2O3. The van der Waals surface area contributed by atoms with Crippen molar-refractivity contribution in [2.45, 2.75) is 46.5 Å². The number of ether oxygens (including phenoxy) is 1. The summed E-state index contributed by atoms with van der Waals surface area (Å²) >= 11 is 0. The highest BCUT2D eigenvalue weighted by Crippen LogP contribution is 2.31. The van der Waals surface area contributed by atoms with E-state index in [1.165, 1.54) is 0 Å². The third kappa shape index (κ3) is 5.67. The van der Waals surface area contributed by atoms with Crippen LogP contribution in [0.2, 0.25) is 0 Å². The van der Waals surface area contributed by atoms with Gasteiger partial charge in [-0.15, -0.1) is 0 Å². The van der Waals surface area contributed by atoms with Crippen LogP contribution in [0.15, 0.2) is 46.9 Å². The Balaban J connectivity index is 1.74. The fourth-order valence-corrected chi connectivity index (χ4v) is 3.79. The lowest BCUT2D eigenvalue weighted by atomic mass is 9.98. The molecule has 2 N–H and O–H groups in total. The van der Waals surface area contributed by atoms with Gasteiger partial charge in [-0.1, -0.05) is 27.2 Å². The SMILES string of the molecule is CCCCc1oc2ccc(N)cc2c1C(=O)c1ccc(OCCCN(CC)CC)cc1. The van der Waals surface area contributed by atoms with E-state index in [0.29, 0.717) is 29.0 Å². The number of anilines is 1. The van der Waals surface area contributed by atoms with Crippen molar-refractivity contribution in [2.75, 3.05) is 32.0 Å². The number of nitrogens with two attached hydrogens (primary N) is 1. The first-order chi connectivity index (χ1) is 15.1. The maximum absolute atomic E-state index is 13.4. The van der Waals surface area contributed by atoms with Gasteiger partial charge in [0, 0.05) is 29.6 Å². The van der Waals surface area contributed by atoms with Gasteiger partial charge in [0.1, 0.15) is 17.1 Å². The Morgan fingerprint density at radius 1 is 1.03 bits per heavy atom. The molecule has 0 saturated carbocycles. The van der Waals surface area contributed by atoms with Crippen LogP contribution in [-0.2, 0) is 6.42 Å². The molecule has 0 atom stereocenters. The van der Waals surface area contributed by atoms with Crippen LogP contribution in [0.5, 0.6) is 5.75 Å². The number of hydrogen-bond acceptors (Lipinski definition) is 5. The first kappa shape index (κ1) is 22.9. The molecule has 1 heterocycles. The van der Waals surface area contributed by atoms with E-state index in [1.807, 2.05) is 36.4 Å². The number of ketones is 1. The Morgan fingerprint density at radius 2 is 1.77 bits per heavy atom. The highest BCUT2D eigenvalue weighted by atomic mass is 16.5. The third-order valence-electron chi connectivity index (χ3n) is 5.67. The van der Waals surface area contributed by atoms with Gasteiger partial charge in [0.05, 0.1) is 12.2 Å². The molecule has 0 aliphatic carbocycles. The number of benzene rings is 2. The number of rotatable bonds is 12. The first-order valence-electron chi connectivity index (χ1n) is 11.4. The molecule has 0 aliphatic rings. The number of carbonyl (C=O) groups is 1. The fourth-order valence-electron chi connectivity index (χ4n) is 3.79. The quantitative estimate of drug-likeness (QED) is 0.230. The third-order valence-corrected chi connectivity index (χ3v) is 5.67. The van der Waals surface area contributed by atoms with Crippen molar-refractivity contribution < 1.29 is 13.9 Å². The van der Waals surface area contributed by atoms with Crippen molar-refractivity contribution in [3.63, 3.8) is 0 Å². The second-order valence-electron chi connectivity index (χ2n) is 7.84. The minimum Gasteiger partial charge on any atom is -0.494 e. The zero-order chi connectivity index (χ0) is 22.2. The topological polar surface area (TPSA) is 68.7 Å². The van der Waals surface area contributed by atoms with E-state index in [0.717, 1.165) is 62.2 Å². The molecule has 31 heavy (non-hydrogen) atoms. The number of fused-ring (bicyclic) bond motifs is 1. The van der Waals surface area contributed by atoms with Gasteiger partial charge in [-0.05, 0) is 68.4 Å². The van der Waals surface area contributed by atoms with Crippen LogP contribution < -0.4 is 10.5 Å². The van der Waals surface area contributed by atoms with Crippen molar-refractivity contribution in [1.29, 1.82) is 0 Å². The maximum Gasteiger partial charge on any atom is 0.197 e. The lowest BCUT2D eigenvalue weighted by Crippen LogP contribution is -2.25. The summed E-state index contributed by atoms with van der Waals surface area (Å²) in [6.07, 6.45) is 3.72. The Labute approximate surface area is 185 Å². The normalized spacial score (nSPS) is 11.4. The molecule has 166 valence electrons. The molecule has 5 nitrogen and oxygen atoms in total. The molecule has 0 spiro atoms. The second-order valence-corrected chi connectivity index (χ2v) is 7.84. The highest BCUT2D eigenvalue weighted by molar-refractivity contribution is 6.17. The van der Waals surface area contributed by atoms with E-state index in [1.54, 1.807) is 6.07 Å². The Bertz CT molecular complexity index is 988. The number of nitrogens with zero attached hydrogens (tertiary/aromatic N) is 1. The minimum absolute atomic E-state index is 0.0384. The Morgan fingerprint density at radius 3 is 2.45 bits per heavy atom. The molecule has 0 amide bonds. The molecule has 0 radical (unpaired) electrons. The summed E-state index contributed by atoms with van der Waals surface area (Å²) in [6, 6.07) is 12.9. The van der Waals surface area contributed by atoms with Gasteiger partial charge in [0.15, 0.2) is 5.78 Å². The van der Waals surface area contributed by atoms with Crippen LogP contribution in [0.1, 0.15) is 61.7 Å². The zero-order valence-electron chi connectivity index (χ0n) is 18.9. The molecule has 3 rings (SSSR count). The Kier molecular flexibility index (Phi) is 8.13. The summed E-state index contributed by atoms with van der Waals surface area (Å²) in [6.45, 7) is 10.3. The van der Waals surface area contributed by atoms with Crippen molar-refractivity contribution in [3.8, 4) is 5.75 Å². The average Bonchev–Trinajstić information content (AvgIpc) is 3.15. The maximum atomic E-state index is 13.4. The summed E-state index contributed by atoms with van der Waals surface area (Å²) < 4.78 is 11.9. The fraction of sp³-hybridized carbons (Fsp3) is 0.423. The van der Waals surface area contributed by atoms with E-state index < -0.39 is 0 Å². The van der Waals surface area contributed by atoms with Gasteiger partial charge in [-0.3, -0.25) is 4.79 Å². The van der Waals surface area contributed by atoms with Crippen molar-refractivity contribution >= 4 is 22.4 Å². The lowest BCUT2D eigenvalue weighted by molar-refractivity contribution is 0.103. The van der Waals surface area contributed by atoms with Gasteiger partial charge in [0.25, 0.3) is 0 Å². The molecule has 5 heteroatoms. The van der Waals surface area contributed by atoms with Crippen LogP contribution in [0.25, 0.3) is 11.0 Å². The van der Waals surface area contributed by atoms with Gasteiger partial charge in [0.2, 0.25) is 0 Å². The molecule has 0 fully saturated rings. The number of carbonyl (C=O) groups excluding carboxylic acids is 1. The largest absolute Gasteiger partial charge is 0.494 e. The van der Waals surface area contributed by atoms with Gasteiger partial charge in [-0.2, -0.15) is 0 Å². The standard InChI is InChI=1S/C26H34N2O3/c1-4-7-9-24-25(22-18-20(27)12-15-23(22)31-24)26(29)19-10-13-21(14-11-19)30-17-8-16-28(5-2)6-3/h10-15,18H,4-9,16-17,27H2,1-3H3. The Hall–Kier alpha value is -2.79. The second kappa shape index (κ2) is 11.0. The van der Waals surface area contributed by atoms with Crippen molar-refractivity contribution in [1.82, 2.24) is 4.90 Å². The zero-order valence-corrected chi connectivity index (χ0v) is 18.9. The molecule has 1 aromatic heterocycles. The van der Waals surface area contributed by atoms with Crippen LogP contribution in [0, 0.1) is 0 Å². The van der Waals surface area contributed by atoms with E-state index >= 15 is 0 Å². The van der Waals surface area contributed by atoms with Crippen LogP contribution in [0.3, 0.4) is 0 Å². The number of hydrogen-bond donors (Lipinski definition) is 1. The lowest BCUT2D eigenvalue weighted by Gasteiger charge is -2.17. The number of furan rings is 1. The van der Waals surface area contributed by atoms with Gasteiger partial charge in [-0.25, -0.2) is 0 Å². The molecular weight excluding hydrogens is 388 g/mol. The van der Waals surface area contributed by atoms with E-state index in [9.17, 15) is 4.79 Å². The summed E-state index contributed by atoms with van der Waals surface area (Å²) in [5, 5.41) is 0.785. The van der Waals surface area contributed by atoms with Crippen LogP contribution in [-0.4, -0.2) is 36.9 Å². The summed E-state index contributed by atoms with van der Waals surface area (Å²) in [5.74, 6) is 1.48. The number of unbranched alkanes of at least 4 members (excludes halogenated alkanes) is 1. The predicted octanol–water partition coefficient (Wildman–Crippen LogP) is 5.70. The average molecular weight is 423 g/mol. The molecule has 3 aromatic rings. The number of aryl methyl sites for hydroxylation is 1. The summed E-state index contributed by atoms with van der Waals surface area (Å²) in [4.78, 5) is 15.8. The monoisotopic (exact) mass is 422 g/mol. The minimum atomic E-state index is -0.0384. The molecule has 0 saturated heterocycles. The van der Waals surface area contributed by atoms with Gasteiger partial charge < -0.3 is 19.8 Å². The smallest absolute Gasteiger partial charge is 0.197 e. The number of nitrogen functional groups attached to an aromatic ring is 1.